The van der Waals surface area contributed by atoms with Crippen LogP contribution in [0.5, 0.6) is 0 Å². The molecule has 0 unspecified atom stereocenters. The van der Waals surface area contributed by atoms with Crippen molar-refractivity contribution >= 4 is 23.2 Å². The van der Waals surface area contributed by atoms with Crippen molar-refractivity contribution in [1.82, 2.24) is 10.2 Å². The minimum Gasteiger partial charge on any atom is -0.370 e. The van der Waals surface area contributed by atoms with Gasteiger partial charge in [0.05, 0.1) is 29.4 Å². The number of rotatable bonds is 7. The second-order valence-electron chi connectivity index (χ2n) is 8.54. The number of anilines is 2. The predicted octanol–water partition coefficient (Wildman–Crippen LogP) is 3.64. The van der Waals surface area contributed by atoms with E-state index in [0.717, 1.165) is 43.9 Å². The molecule has 2 amide bonds. The van der Waals surface area contributed by atoms with Crippen LogP contribution >= 0.6 is 0 Å². The van der Waals surface area contributed by atoms with Crippen molar-refractivity contribution in [3.8, 4) is 6.07 Å². The van der Waals surface area contributed by atoms with E-state index in [1.165, 1.54) is 0 Å². The Morgan fingerprint density at radius 2 is 1.60 bits per heavy atom. The van der Waals surface area contributed by atoms with Crippen LogP contribution in [0.4, 0.5) is 11.4 Å². The highest BCUT2D eigenvalue weighted by Crippen LogP contribution is 2.18. The summed E-state index contributed by atoms with van der Waals surface area (Å²) in [4.78, 5) is 30.0. The van der Waals surface area contributed by atoms with E-state index < -0.39 is 0 Å². The molecular formula is C28H29N5O2. The van der Waals surface area contributed by atoms with Crippen molar-refractivity contribution in [1.29, 1.82) is 5.26 Å². The van der Waals surface area contributed by atoms with E-state index >= 15 is 0 Å². The summed E-state index contributed by atoms with van der Waals surface area (Å²) in [5.74, 6) is -0.363. The number of amides is 2. The molecule has 0 saturated carbocycles. The van der Waals surface area contributed by atoms with Crippen molar-refractivity contribution in [3.63, 3.8) is 0 Å². The molecule has 0 bridgehead atoms. The largest absolute Gasteiger partial charge is 0.370 e. The summed E-state index contributed by atoms with van der Waals surface area (Å²) in [7, 11) is 0. The molecule has 7 nitrogen and oxygen atoms in total. The van der Waals surface area contributed by atoms with E-state index in [-0.39, 0.29) is 18.4 Å². The highest BCUT2D eigenvalue weighted by Gasteiger charge is 2.19. The number of hydrogen-bond donors (Lipinski definition) is 2. The molecule has 0 radical (unpaired) electrons. The van der Waals surface area contributed by atoms with Gasteiger partial charge in [0.15, 0.2) is 0 Å². The molecule has 4 rings (SSSR count). The van der Waals surface area contributed by atoms with Crippen LogP contribution in [-0.2, 0) is 11.3 Å². The van der Waals surface area contributed by atoms with Gasteiger partial charge in [0, 0.05) is 38.4 Å². The van der Waals surface area contributed by atoms with Gasteiger partial charge in [-0.25, -0.2) is 0 Å². The van der Waals surface area contributed by atoms with Crippen molar-refractivity contribution in [2.24, 2.45) is 0 Å². The minimum absolute atomic E-state index is 0.139. The van der Waals surface area contributed by atoms with Gasteiger partial charge in [0.1, 0.15) is 0 Å². The van der Waals surface area contributed by atoms with E-state index in [2.05, 4.69) is 26.5 Å². The lowest BCUT2D eigenvalue weighted by atomic mass is 10.1. The highest BCUT2D eigenvalue weighted by atomic mass is 16.2. The van der Waals surface area contributed by atoms with E-state index in [1.807, 2.05) is 60.7 Å². The maximum atomic E-state index is 12.8. The van der Waals surface area contributed by atoms with Gasteiger partial charge in [-0.2, -0.15) is 5.26 Å². The first kappa shape index (κ1) is 24.0. The average Bonchev–Trinajstić information content (AvgIpc) is 3.13. The van der Waals surface area contributed by atoms with Crippen molar-refractivity contribution in [2.45, 2.75) is 13.0 Å². The van der Waals surface area contributed by atoms with Crippen LogP contribution < -0.4 is 15.5 Å². The summed E-state index contributed by atoms with van der Waals surface area (Å²) in [6.45, 7) is 3.96. The van der Waals surface area contributed by atoms with E-state index in [1.54, 1.807) is 18.2 Å². The zero-order valence-electron chi connectivity index (χ0n) is 19.6. The summed E-state index contributed by atoms with van der Waals surface area (Å²) in [5, 5.41) is 14.8. The van der Waals surface area contributed by atoms with Crippen molar-refractivity contribution < 1.29 is 9.59 Å². The predicted molar refractivity (Wildman–Crippen MR) is 137 cm³/mol. The quantitative estimate of drug-likeness (QED) is 0.554. The lowest BCUT2D eigenvalue weighted by Gasteiger charge is -2.23. The number of nitrogens with zero attached hydrogens (tertiary/aromatic N) is 3. The van der Waals surface area contributed by atoms with Gasteiger partial charge >= 0.3 is 0 Å². The van der Waals surface area contributed by atoms with Crippen LogP contribution in [0.2, 0.25) is 0 Å². The molecule has 1 saturated heterocycles. The lowest BCUT2D eigenvalue weighted by Crippen LogP contribution is -2.36. The molecule has 178 valence electrons. The van der Waals surface area contributed by atoms with Gasteiger partial charge in [0.2, 0.25) is 5.91 Å². The Bertz CT molecular complexity index is 1190. The molecule has 1 aliphatic heterocycles. The monoisotopic (exact) mass is 467 g/mol. The number of nitrogens with one attached hydrogen (secondary N) is 2. The van der Waals surface area contributed by atoms with Crippen LogP contribution in [-0.4, -0.2) is 49.4 Å². The Hall–Kier alpha value is -4.15. The summed E-state index contributed by atoms with van der Waals surface area (Å²) < 4.78 is 0. The maximum absolute atomic E-state index is 12.8. The standard InChI is InChI=1S/C28H29N5O2/c29-19-22-11-13-24(14-12-22)33-16-6-15-32(17-18-33)21-27(34)31-26-10-5-4-9-25(26)28(35)30-20-23-7-2-1-3-8-23/h1-5,7-14H,6,15-18,20-21H2,(H,30,35)(H,31,34). The molecule has 2 N–H and O–H groups in total. The van der Waals surface area contributed by atoms with Crippen LogP contribution in [0.15, 0.2) is 78.9 Å². The fourth-order valence-corrected chi connectivity index (χ4v) is 4.19. The van der Waals surface area contributed by atoms with Crippen molar-refractivity contribution in [3.05, 3.63) is 95.6 Å². The Morgan fingerprint density at radius 3 is 2.37 bits per heavy atom. The summed E-state index contributed by atoms with van der Waals surface area (Å²) in [6.07, 6.45) is 0.936. The topological polar surface area (TPSA) is 88.5 Å². The van der Waals surface area contributed by atoms with Crippen LogP contribution in [0.3, 0.4) is 0 Å². The Morgan fingerprint density at radius 1 is 0.857 bits per heavy atom. The number of nitriles is 1. The smallest absolute Gasteiger partial charge is 0.253 e. The first-order valence-electron chi connectivity index (χ1n) is 11.8. The van der Waals surface area contributed by atoms with Gasteiger partial charge in [-0.1, -0.05) is 42.5 Å². The fourth-order valence-electron chi connectivity index (χ4n) is 4.19. The Kier molecular flexibility index (Phi) is 8.10. The minimum atomic E-state index is -0.224. The summed E-state index contributed by atoms with van der Waals surface area (Å²) in [6, 6.07) is 26.5. The van der Waals surface area contributed by atoms with Gasteiger partial charge in [-0.05, 0) is 48.4 Å². The molecule has 0 spiro atoms. The van der Waals surface area contributed by atoms with Gasteiger partial charge < -0.3 is 15.5 Å². The third kappa shape index (κ3) is 6.69. The third-order valence-corrected chi connectivity index (χ3v) is 6.06. The summed E-state index contributed by atoms with van der Waals surface area (Å²) >= 11 is 0. The zero-order valence-corrected chi connectivity index (χ0v) is 19.6. The second kappa shape index (κ2) is 11.8. The van der Waals surface area contributed by atoms with E-state index in [0.29, 0.717) is 23.4 Å². The molecule has 35 heavy (non-hydrogen) atoms. The first-order valence-corrected chi connectivity index (χ1v) is 11.8. The second-order valence-corrected chi connectivity index (χ2v) is 8.54. The average molecular weight is 468 g/mol. The van der Waals surface area contributed by atoms with Crippen LogP contribution in [0, 0.1) is 11.3 Å². The lowest BCUT2D eigenvalue weighted by molar-refractivity contribution is -0.117. The summed E-state index contributed by atoms with van der Waals surface area (Å²) in [5.41, 5.74) is 3.71. The number of benzene rings is 3. The molecule has 0 aliphatic carbocycles. The molecule has 3 aromatic rings. The Balaban J connectivity index is 1.31. The molecule has 3 aromatic carbocycles. The normalized spacial score (nSPS) is 14.0. The number of carbonyl (C=O) groups is 2. The SMILES string of the molecule is N#Cc1ccc(N2CCCN(CC(=O)Nc3ccccc3C(=O)NCc3ccccc3)CC2)cc1. The number of para-hydroxylation sites is 1. The third-order valence-electron chi connectivity index (χ3n) is 6.06. The maximum Gasteiger partial charge on any atom is 0.253 e. The number of carbonyl (C=O) groups excluding carboxylic acids is 2. The highest BCUT2D eigenvalue weighted by molar-refractivity contribution is 6.04. The first-order chi connectivity index (χ1) is 17.1. The fraction of sp³-hybridized carbons (Fsp3) is 0.250. The van der Waals surface area contributed by atoms with Crippen LogP contribution in [0.25, 0.3) is 0 Å². The van der Waals surface area contributed by atoms with Gasteiger partial charge in [-0.3, -0.25) is 14.5 Å². The molecular weight excluding hydrogens is 438 g/mol. The van der Waals surface area contributed by atoms with E-state index in [9.17, 15) is 9.59 Å². The van der Waals surface area contributed by atoms with Crippen LogP contribution in [0.1, 0.15) is 27.9 Å². The molecule has 1 fully saturated rings. The zero-order chi connectivity index (χ0) is 24.5. The molecule has 1 aliphatic rings. The molecule has 0 atom stereocenters. The molecule has 7 heteroatoms. The van der Waals surface area contributed by atoms with Gasteiger partial charge in [0.25, 0.3) is 5.91 Å². The molecule has 1 heterocycles. The van der Waals surface area contributed by atoms with E-state index in [4.69, 9.17) is 5.26 Å². The Labute approximate surface area is 206 Å². The van der Waals surface area contributed by atoms with Crippen molar-refractivity contribution in [2.75, 3.05) is 42.9 Å². The van der Waals surface area contributed by atoms with Gasteiger partial charge in [-0.15, -0.1) is 0 Å². The number of hydrogen-bond acceptors (Lipinski definition) is 5. The molecule has 0 aromatic heterocycles.